The smallest absolute Gasteiger partial charge is 0.360 e. The summed E-state index contributed by atoms with van der Waals surface area (Å²) in [6.07, 6.45) is 3.70. The van der Waals surface area contributed by atoms with Crippen molar-refractivity contribution >= 4 is 24.7 Å². The van der Waals surface area contributed by atoms with Crippen LogP contribution in [-0.2, 0) is 29.9 Å². The van der Waals surface area contributed by atoms with Crippen LogP contribution in [0.15, 0.2) is 71.1 Å². The van der Waals surface area contributed by atoms with Gasteiger partial charge in [-0.3, -0.25) is 19.0 Å². The van der Waals surface area contributed by atoms with Crippen LogP contribution in [0, 0.1) is 5.92 Å². The van der Waals surface area contributed by atoms with Crippen molar-refractivity contribution in [2.75, 3.05) is 27.4 Å². The highest BCUT2D eigenvalue weighted by molar-refractivity contribution is 7.62. The van der Waals surface area contributed by atoms with E-state index in [1.807, 2.05) is 30.3 Å². The van der Waals surface area contributed by atoms with E-state index in [2.05, 4.69) is 23.0 Å². The summed E-state index contributed by atoms with van der Waals surface area (Å²) >= 11 is 0. The predicted molar refractivity (Wildman–Crippen MR) is 153 cm³/mol. The average molecular weight is 572 g/mol. The van der Waals surface area contributed by atoms with E-state index in [0.29, 0.717) is 36.2 Å². The molecule has 1 heterocycles. The fourth-order valence-electron chi connectivity index (χ4n) is 4.01. The van der Waals surface area contributed by atoms with E-state index in [4.69, 9.17) is 18.3 Å². The molecule has 3 N–H and O–H groups in total. The molecule has 10 nitrogen and oxygen atoms in total. The normalized spacial score (nSPS) is 12.2. The van der Waals surface area contributed by atoms with Crippen LogP contribution in [0.3, 0.4) is 0 Å². The van der Waals surface area contributed by atoms with E-state index < -0.39 is 13.5 Å². The molecule has 0 aliphatic heterocycles. The Bertz CT molecular complexity index is 1260. The van der Waals surface area contributed by atoms with Gasteiger partial charge in [0.15, 0.2) is 5.76 Å². The third kappa shape index (κ3) is 9.15. The summed E-state index contributed by atoms with van der Waals surface area (Å²) in [5, 5.41) is 5.81. The minimum absolute atomic E-state index is 0.0524. The maximum Gasteiger partial charge on any atom is 0.360 e. The van der Waals surface area contributed by atoms with Gasteiger partial charge >= 0.3 is 7.60 Å². The van der Waals surface area contributed by atoms with Crippen molar-refractivity contribution in [3.8, 4) is 11.3 Å². The molecule has 0 aliphatic rings. The zero-order valence-corrected chi connectivity index (χ0v) is 24.1. The summed E-state index contributed by atoms with van der Waals surface area (Å²) in [6.45, 7) is 2.81. The first-order valence-corrected chi connectivity index (χ1v) is 14.8. The molecular formula is C29H38N3O7P. The molecule has 0 bridgehead atoms. The number of furan rings is 1. The monoisotopic (exact) mass is 571 g/mol. The SMILES string of the molecule is CCCCC[C@H](CNOCc1ccccc1)C(=O)NCNC(=O)c1ccc(-c2cccc(P(=O)(OC)OC)c2)o1. The second-order valence-corrected chi connectivity index (χ2v) is 11.4. The largest absolute Gasteiger partial charge is 0.451 e. The number of amides is 2. The number of nitrogens with one attached hydrogen (secondary N) is 3. The van der Waals surface area contributed by atoms with Crippen molar-refractivity contribution in [2.45, 2.75) is 39.2 Å². The first kappa shape index (κ1) is 31.3. The summed E-state index contributed by atoms with van der Waals surface area (Å²) < 4.78 is 28.5. The Kier molecular flexibility index (Phi) is 12.6. The maximum atomic E-state index is 12.8. The van der Waals surface area contributed by atoms with Crippen LogP contribution in [0.1, 0.15) is 48.7 Å². The zero-order valence-electron chi connectivity index (χ0n) is 23.2. The van der Waals surface area contributed by atoms with E-state index in [1.165, 1.54) is 20.3 Å². The molecule has 1 atom stereocenters. The Morgan fingerprint density at radius 1 is 0.950 bits per heavy atom. The van der Waals surface area contributed by atoms with Gasteiger partial charge in [-0.05, 0) is 36.2 Å². The van der Waals surface area contributed by atoms with Crippen LogP contribution in [-0.4, -0.2) is 39.2 Å². The number of carbonyl (C=O) groups excluding carboxylic acids is 2. The van der Waals surface area contributed by atoms with Gasteiger partial charge in [-0.25, -0.2) is 5.48 Å². The van der Waals surface area contributed by atoms with Crippen LogP contribution in [0.5, 0.6) is 0 Å². The molecule has 216 valence electrons. The fourth-order valence-corrected chi connectivity index (χ4v) is 5.14. The lowest BCUT2D eigenvalue weighted by Gasteiger charge is -2.17. The minimum Gasteiger partial charge on any atom is -0.451 e. The molecule has 3 aromatic rings. The van der Waals surface area contributed by atoms with Gasteiger partial charge in [0.2, 0.25) is 5.91 Å². The lowest BCUT2D eigenvalue weighted by Crippen LogP contribution is -2.42. The quantitative estimate of drug-likeness (QED) is 0.0914. The number of hydrogen-bond acceptors (Lipinski definition) is 8. The van der Waals surface area contributed by atoms with Gasteiger partial charge in [-0.1, -0.05) is 68.7 Å². The third-order valence-corrected chi connectivity index (χ3v) is 8.18. The van der Waals surface area contributed by atoms with Crippen molar-refractivity contribution in [1.29, 1.82) is 0 Å². The number of rotatable bonds is 17. The number of hydrogen-bond donors (Lipinski definition) is 3. The van der Waals surface area contributed by atoms with Crippen molar-refractivity contribution in [3.05, 3.63) is 78.1 Å². The molecule has 0 fully saturated rings. The first-order chi connectivity index (χ1) is 19.4. The number of carbonyl (C=O) groups is 2. The van der Waals surface area contributed by atoms with Gasteiger partial charge in [0, 0.05) is 26.3 Å². The van der Waals surface area contributed by atoms with Crippen molar-refractivity contribution in [3.63, 3.8) is 0 Å². The molecule has 2 amide bonds. The fraction of sp³-hybridized carbons (Fsp3) is 0.379. The van der Waals surface area contributed by atoms with E-state index in [0.717, 1.165) is 24.8 Å². The second-order valence-electron chi connectivity index (χ2n) is 9.12. The summed E-state index contributed by atoms with van der Waals surface area (Å²) in [5.74, 6) is -0.477. The summed E-state index contributed by atoms with van der Waals surface area (Å²) in [7, 11) is -0.803. The van der Waals surface area contributed by atoms with Gasteiger partial charge in [0.1, 0.15) is 5.76 Å². The average Bonchev–Trinajstić information content (AvgIpc) is 3.49. The summed E-state index contributed by atoms with van der Waals surface area (Å²) in [4.78, 5) is 31.0. The van der Waals surface area contributed by atoms with E-state index >= 15 is 0 Å². The van der Waals surface area contributed by atoms with Crippen LogP contribution in [0.4, 0.5) is 0 Å². The number of hydroxylamine groups is 1. The lowest BCUT2D eigenvalue weighted by atomic mass is 10.0. The third-order valence-electron chi connectivity index (χ3n) is 6.31. The molecule has 40 heavy (non-hydrogen) atoms. The Hall–Kier alpha value is -3.27. The highest BCUT2D eigenvalue weighted by atomic mass is 31.2. The molecule has 3 rings (SSSR count). The first-order valence-electron chi connectivity index (χ1n) is 13.3. The Labute approximate surface area is 235 Å². The van der Waals surface area contributed by atoms with E-state index in [1.54, 1.807) is 30.3 Å². The highest BCUT2D eigenvalue weighted by Gasteiger charge is 2.25. The van der Waals surface area contributed by atoms with Gasteiger partial charge in [-0.2, -0.15) is 0 Å². The maximum absolute atomic E-state index is 12.8. The molecule has 1 aromatic heterocycles. The molecule has 0 saturated carbocycles. The van der Waals surface area contributed by atoms with Crippen LogP contribution < -0.4 is 21.4 Å². The summed E-state index contributed by atoms with van der Waals surface area (Å²) in [5.41, 5.74) is 4.55. The molecular weight excluding hydrogens is 533 g/mol. The highest BCUT2D eigenvalue weighted by Crippen LogP contribution is 2.45. The summed E-state index contributed by atoms with van der Waals surface area (Å²) in [6, 6.07) is 19.7. The lowest BCUT2D eigenvalue weighted by molar-refractivity contribution is -0.126. The predicted octanol–water partition coefficient (Wildman–Crippen LogP) is 4.78. The molecule has 0 aliphatic carbocycles. The Balaban J connectivity index is 1.51. The van der Waals surface area contributed by atoms with E-state index in [9.17, 15) is 14.2 Å². The zero-order chi connectivity index (χ0) is 28.8. The van der Waals surface area contributed by atoms with Crippen LogP contribution >= 0.6 is 7.60 Å². The molecule has 0 spiro atoms. The minimum atomic E-state index is -3.43. The van der Waals surface area contributed by atoms with E-state index in [-0.39, 0.29) is 24.3 Å². The van der Waals surface area contributed by atoms with Crippen molar-refractivity contribution in [1.82, 2.24) is 16.1 Å². The van der Waals surface area contributed by atoms with Gasteiger partial charge in [0.05, 0.1) is 24.5 Å². The Morgan fingerprint density at radius 2 is 1.73 bits per heavy atom. The topological polar surface area (TPSA) is 128 Å². The standard InChI is InChI=1S/C29H38N3O7P/c1-4-5-7-13-24(19-32-38-20-22-11-8-6-9-12-22)28(33)30-21-31-29(34)27-17-16-26(39-27)23-14-10-15-25(18-23)40(35,36-2)37-3/h6,8-12,14-18,24,32H,4-5,7,13,19-21H2,1-3H3,(H,30,33)(H,31,34)/t24-/m1/s1. The van der Waals surface area contributed by atoms with Crippen molar-refractivity contribution in [2.24, 2.45) is 5.92 Å². The van der Waals surface area contributed by atoms with Gasteiger partial charge in [-0.15, -0.1) is 0 Å². The molecule has 0 unspecified atom stereocenters. The molecule has 0 saturated heterocycles. The number of unbranched alkanes of at least 4 members (excludes halogenated alkanes) is 2. The molecule has 11 heteroatoms. The molecule has 2 aromatic carbocycles. The van der Waals surface area contributed by atoms with Gasteiger partial charge in [0.25, 0.3) is 5.91 Å². The van der Waals surface area contributed by atoms with Crippen LogP contribution in [0.2, 0.25) is 0 Å². The van der Waals surface area contributed by atoms with Crippen LogP contribution in [0.25, 0.3) is 11.3 Å². The molecule has 0 radical (unpaired) electrons. The van der Waals surface area contributed by atoms with Gasteiger partial charge < -0.3 is 24.1 Å². The Morgan fingerprint density at radius 3 is 2.45 bits per heavy atom. The van der Waals surface area contributed by atoms with Crippen molar-refractivity contribution < 1.29 is 32.5 Å². The second kappa shape index (κ2) is 16.1. The number of benzene rings is 2.